The van der Waals surface area contributed by atoms with E-state index < -0.39 is 0 Å². The molecule has 5 heteroatoms. The van der Waals surface area contributed by atoms with Gasteiger partial charge in [-0.15, -0.1) is 0 Å². The average Bonchev–Trinajstić information content (AvgIpc) is 2.78. The van der Waals surface area contributed by atoms with Crippen molar-refractivity contribution in [2.45, 2.75) is 6.92 Å². The van der Waals surface area contributed by atoms with Crippen LogP contribution in [0.4, 0.5) is 17.3 Å². The first kappa shape index (κ1) is 16.7. The van der Waals surface area contributed by atoms with E-state index in [1.165, 1.54) is 0 Å². The van der Waals surface area contributed by atoms with Crippen molar-refractivity contribution in [2.75, 3.05) is 29.4 Å². The third-order valence-corrected chi connectivity index (χ3v) is 5.24. The molecule has 1 aliphatic rings. The number of aromatic nitrogens is 3. The van der Waals surface area contributed by atoms with E-state index in [1.54, 1.807) is 0 Å². The molecule has 0 aliphatic carbocycles. The number of nitrogens with zero attached hydrogens (tertiary/aromatic N) is 5. The van der Waals surface area contributed by atoms with Crippen molar-refractivity contribution in [1.82, 2.24) is 15.0 Å². The van der Waals surface area contributed by atoms with Crippen molar-refractivity contribution in [3.05, 3.63) is 73.1 Å². The first-order chi connectivity index (χ1) is 13.8. The van der Waals surface area contributed by atoms with Gasteiger partial charge in [-0.05, 0) is 37.3 Å². The monoisotopic (exact) mass is 367 g/mol. The molecule has 0 atom stereocenters. The topological polar surface area (TPSA) is 45.2 Å². The van der Waals surface area contributed by atoms with Gasteiger partial charge < -0.3 is 9.80 Å². The average molecular weight is 367 g/mol. The van der Waals surface area contributed by atoms with Gasteiger partial charge in [-0.2, -0.15) is 0 Å². The molecule has 0 radical (unpaired) electrons. The van der Waals surface area contributed by atoms with E-state index >= 15 is 0 Å². The fraction of sp³-hybridized carbons (Fsp3) is 0.174. The van der Waals surface area contributed by atoms with E-state index in [4.69, 9.17) is 4.98 Å². The zero-order valence-corrected chi connectivity index (χ0v) is 15.8. The van der Waals surface area contributed by atoms with Gasteiger partial charge in [-0.25, -0.2) is 9.97 Å². The van der Waals surface area contributed by atoms with E-state index in [1.807, 2.05) is 42.7 Å². The molecule has 0 unspecified atom stereocenters. The Bertz CT molecular complexity index is 1130. The number of benzene rings is 1. The van der Waals surface area contributed by atoms with Gasteiger partial charge in [0.1, 0.15) is 5.82 Å². The minimum absolute atomic E-state index is 0.863. The normalized spacial score (nSPS) is 13.6. The molecule has 0 saturated heterocycles. The van der Waals surface area contributed by atoms with Crippen molar-refractivity contribution in [3.8, 4) is 11.3 Å². The van der Waals surface area contributed by atoms with Gasteiger partial charge in [0, 0.05) is 43.0 Å². The summed E-state index contributed by atoms with van der Waals surface area (Å²) in [6.07, 6.45) is 3.70. The molecule has 0 amide bonds. The van der Waals surface area contributed by atoms with Gasteiger partial charge in [0.05, 0.1) is 16.9 Å². The predicted molar refractivity (Wildman–Crippen MR) is 114 cm³/mol. The number of fused-ring (bicyclic) bond motifs is 2. The Kier molecular flexibility index (Phi) is 4.13. The second-order valence-electron chi connectivity index (χ2n) is 6.84. The number of hydrogen-bond acceptors (Lipinski definition) is 5. The van der Waals surface area contributed by atoms with Crippen LogP contribution in [0.1, 0.15) is 6.92 Å². The van der Waals surface area contributed by atoms with Gasteiger partial charge in [0.25, 0.3) is 0 Å². The SMILES string of the molecule is CCN1CCN(c2nc(-c3ccccc3)cc3ncccc23)c2cccnc21. The third kappa shape index (κ3) is 2.76. The number of hydrogen-bond donors (Lipinski definition) is 0. The van der Waals surface area contributed by atoms with Crippen molar-refractivity contribution in [2.24, 2.45) is 0 Å². The van der Waals surface area contributed by atoms with E-state index in [0.29, 0.717) is 0 Å². The Morgan fingerprint density at radius 3 is 2.54 bits per heavy atom. The van der Waals surface area contributed by atoms with Crippen molar-refractivity contribution < 1.29 is 0 Å². The molecule has 138 valence electrons. The van der Waals surface area contributed by atoms with Crippen LogP contribution in [0.5, 0.6) is 0 Å². The number of anilines is 3. The fourth-order valence-corrected chi connectivity index (χ4v) is 3.84. The lowest BCUT2D eigenvalue weighted by Crippen LogP contribution is -2.39. The summed E-state index contributed by atoms with van der Waals surface area (Å²) in [6, 6.07) is 20.5. The maximum atomic E-state index is 5.08. The van der Waals surface area contributed by atoms with Crippen LogP contribution < -0.4 is 9.80 Å². The highest BCUT2D eigenvalue weighted by Gasteiger charge is 2.26. The summed E-state index contributed by atoms with van der Waals surface area (Å²) in [5.41, 5.74) is 4.08. The third-order valence-electron chi connectivity index (χ3n) is 5.24. The molecule has 4 heterocycles. The molecule has 5 nitrogen and oxygen atoms in total. The molecule has 1 aromatic carbocycles. The summed E-state index contributed by atoms with van der Waals surface area (Å²) < 4.78 is 0. The molecule has 0 fully saturated rings. The van der Waals surface area contributed by atoms with Crippen molar-refractivity contribution >= 4 is 28.2 Å². The Labute approximate surface area is 164 Å². The predicted octanol–water partition coefficient (Wildman–Crippen LogP) is 4.67. The van der Waals surface area contributed by atoms with Crippen LogP contribution in [-0.2, 0) is 0 Å². The number of rotatable bonds is 3. The first-order valence-electron chi connectivity index (χ1n) is 9.64. The second-order valence-corrected chi connectivity index (χ2v) is 6.84. The van der Waals surface area contributed by atoms with Crippen LogP contribution in [-0.4, -0.2) is 34.6 Å². The molecule has 4 aromatic rings. The Hall–Kier alpha value is -3.47. The molecule has 0 saturated carbocycles. The summed E-state index contributed by atoms with van der Waals surface area (Å²) in [5, 5.41) is 1.06. The second kappa shape index (κ2) is 6.93. The number of likely N-dealkylation sites (N-methyl/N-ethyl adjacent to an activating group) is 1. The van der Waals surface area contributed by atoms with E-state index in [0.717, 1.165) is 59.1 Å². The Morgan fingerprint density at radius 1 is 0.857 bits per heavy atom. The lowest BCUT2D eigenvalue weighted by Gasteiger charge is -2.37. The minimum atomic E-state index is 0.863. The van der Waals surface area contributed by atoms with Gasteiger partial charge in [0.2, 0.25) is 0 Å². The standard InChI is InChI=1S/C23H21N5/c1-2-27-14-15-28(21-11-7-13-25-23(21)27)22-18-10-6-12-24-20(18)16-19(26-22)17-8-4-3-5-9-17/h3-13,16H,2,14-15H2,1H3. The molecule has 5 rings (SSSR count). The maximum absolute atomic E-state index is 5.08. The van der Waals surface area contributed by atoms with E-state index in [-0.39, 0.29) is 0 Å². The molecule has 0 bridgehead atoms. The zero-order chi connectivity index (χ0) is 18.9. The van der Waals surface area contributed by atoms with Crippen LogP contribution in [0, 0.1) is 0 Å². The minimum Gasteiger partial charge on any atom is -0.353 e. The highest BCUT2D eigenvalue weighted by Crippen LogP contribution is 2.38. The molecular formula is C23H21N5. The summed E-state index contributed by atoms with van der Waals surface area (Å²) >= 11 is 0. The lowest BCUT2D eigenvalue weighted by molar-refractivity contribution is 0.753. The van der Waals surface area contributed by atoms with E-state index in [2.05, 4.69) is 57.0 Å². The molecule has 28 heavy (non-hydrogen) atoms. The molecule has 0 spiro atoms. The van der Waals surface area contributed by atoms with Crippen molar-refractivity contribution in [3.63, 3.8) is 0 Å². The highest BCUT2D eigenvalue weighted by atomic mass is 15.3. The first-order valence-corrected chi connectivity index (χ1v) is 9.64. The van der Waals surface area contributed by atoms with Crippen LogP contribution >= 0.6 is 0 Å². The molecule has 1 aliphatic heterocycles. The smallest absolute Gasteiger partial charge is 0.152 e. The highest BCUT2D eigenvalue weighted by molar-refractivity contribution is 5.95. The van der Waals surface area contributed by atoms with Crippen LogP contribution in [0.25, 0.3) is 22.2 Å². The largest absolute Gasteiger partial charge is 0.353 e. The van der Waals surface area contributed by atoms with Crippen LogP contribution in [0.3, 0.4) is 0 Å². The molecule has 0 N–H and O–H groups in total. The van der Waals surface area contributed by atoms with Gasteiger partial charge >= 0.3 is 0 Å². The van der Waals surface area contributed by atoms with Gasteiger partial charge in [-0.3, -0.25) is 4.98 Å². The molecule has 3 aromatic heterocycles. The van der Waals surface area contributed by atoms with Crippen molar-refractivity contribution in [1.29, 1.82) is 0 Å². The molecular weight excluding hydrogens is 346 g/mol. The Morgan fingerprint density at radius 2 is 1.68 bits per heavy atom. The van der Waals surface area contributed by atoms with Crippen LogP contribution in [0.2, 0.25) is 0 Å². The number of pyridine rings is 3. The quantitative estimate of drug-likeness (QED) is 0.526. The van der Waals surface area contributed by atoms with Gasteiger partial charge in [-0.1, -0.05) is 30.3 Å². The van der Waals surface area contributed by atoms with Crippen LogP contribution in [0.15, 0.2) is 73.1 Å². The Balaban J connectivity index is 1.73. The summed E-state index contributed by atoms with van der Waals surface area (Å²) in [7, 11) is 0. The fourth-order valence-electron chi connectivity index (χ4n) is 3.84. The van der Waals surface area contributed by atoms with Gasteiger partial charge in [0.15, 0.2) is 5.82 Å². The zero-order valence-electron chi connectivity index (χ0n) is 15.8. The summed E-state index contributed by atoms with van der Waals surface area (Å²) in [4.78, 5) is 18.9. The lowest BCUT2D eigenvalue weighted by atomic mass is 10.1. The summed E-state index contributed by atoms with van der Waals surface area (Å²) in [5.74, 6) is 1.95. The van der Waals surface area contributed by atoms with E-state index in [9.17, 15) is 0 Å². The summed E-state index contributed by atoms with van der Waals surface area (Å²) in [6.45, 7) is 4.89. The maximum Gasteiger partial charge on any atom is 0.152 e.